The molecule has 0 aliphatic carbocycles. The first-order chi connectivity index (χ1) is 11.3. The monoisotopic (exact) mass is 309 g/mol. The zero-order valence-corrected chi connectivity index (χ0v) is 13.5. The summed E-state index contributed by atoms with van der Waals surface area (Å²) in [5, 5.41) is 9.99. The molecule has 1 aliphatic heterocycles. The lowest BCUT2D eigenvalue weighted by Crippen LogP contribution is -2.34. The van der Waals surface area contributed by atoms with Crippen LogP contribution in [0.3, 0.4) is 0 Å². The molecule has 2 aromatic carbocycles. The SMILES string of the molecule is CCCC[C@H]1c2ccccc2C(=O)N1[C@@H](CO)c1ccccc1. The van der Waals surface area contributed by atoms with Crippen molar-refractivity contribution in [2.45, 2.75) is 38.3 Å². The molecule has 1 N–H and O–H groups in total. The number of hydrogen-bond acceptors (Lipinski definition) is 2. The Morgan fingerprint density at radius 1 is 1.09 bits per heavy atom. The van der Waals surface area contributed by atoms with Crippen molar-refractivity contribution in [2.24, 2.45) is 0 Å². The number of aliphatic hydroxyl groups is 1. The van der Waals surface area contributed by atoms with Gasteiger partial charge < -0.3 is 10.0 Å². The first kappa shape index (κ1) is 15.8. The van der Waals surface area contributed by atoms with Crippen LogP contribution in [0.25, 0.3) is 0 Å². The van der Waals surface area contributed by atoms with Crippen LogP contribution < -0.4 is 0 Å². The van der Waals surface area contributed by atoms with E-state index in [0.717, 1.165) is 36.0 Å². The minimum atomic E-state index is -0.294. The van der Waals surface area contributed by atoms with E-state index in [2.05, 4.69) is 6.92 Å². The minimum Gasteiger partial charge on any atom is -0.394 e. The Morgan fingerprint density at radius 3 is 2.48 bits per heavy atom. The van der Waals surface area contributed by atoms with Crippen LogP contribution in [0.15, 0.2) is 54.6 Å². The molecule has 1 aliphatic rings. The zero-order chi connectivity index (χ0) is 16.2. The van der Waals surface area contributed by atoms with Gasteiger partial charge in [0.1, 0.15) is 0 Å². The average molecular weight is 309 g/mol. The van der Waals surface area contributed by atoms with Crippen molar-refractivity contribution in [3.8, 4) is 0 Å². The van der Waals surface area contributed by atoms with Gasteiger partial charge in [0.05, 0.1) is 18.7 Å². The lowest BCUT2D eigenvalue weighted by Gasteiger charge is -2.33. The topological polar surface area (TPSA) is 40.5 Å². The number of rotatable bonds is 6. The average Bonchev–Trinajstić information content (AvgIpc) is 2.88. The molecule has 2 atom stereocenters. The van der Waals surface area contributed by atoms with Crippen LogP contribution >= 0.6 is 0 Å². The highest BCUT2D eigenvalue weighted by Crippen LogP contribution is 2.42. The third-order valence-corrected chi connectivity index (χ3v) is 4.64. The van der Waals surface area contributed by atoms with Gasteiger partial charge in [0.25, 0.3) is 5.91 Å². The number of carbonyl (C=O) groups excluding carboxylic acids is 1. The Balaban J connectivity index is 2.00. The van der Waals surface area contributed by atoms with E-state index >= 15 is 0 Å². The van der Waals surface area contributed by atoms with E-state index < -0.39 is 0 Å². The van der Waals surface area contributed by atoms with Crippen LogP contribution in [0.2, 0.25) is 0 Å². The predicted molar refractivity (Wildman–Crippen MR) is 91.1 cm³/mol. The molecule has 1 amide bonds. The van der Waals surface area contributed by atoms with Crippen LogP contribution in [0, 0.1) is 0 Å². The molecule has 0 saturated heterocycles. The second-order valence-corrected chi connectivity index (χ2v) is 6.07. The highest BCUT2D eigenvalue weighted by molar-refractivity contribution is 5.99. The molecule has 0 bridgehead atoms. The first-order valence-electron chi connectivity index (χ1n) is 8.35. The standard InChI is InChI=1S/C20H23NO2/c1-2-3-13-18-16-11-7-8-12-17(16)20(23)21(18)19(14-22)15-9-5-4-6-10-15/h4-12,18-19,22H,2-3,13-14H2,1H3/t18-,19-/m0/s1. The molecule has 3 rings (SSSR count). The quantitative estimate of drug-likeness (QED) is 0.872. The molecule has 0 aromatic heterocycles. The van der Waals surface area contributed by atoms with Gasteiger partial charge in [-0.05, 0) is 23.6 Å². The Hall–Kier alpha value is -2.13. The summed E-state index contributed by atoms with van der Waals surface area (Å²) in [4.78, 5) is 14.8. The molecule has 0 saturated carbocycles. The van der Waals surface area contributed by atoms with E-state index in [1.54, 1.807) is 0 Å². The maximum atomic E-state index is 13.0. The van der Waals surface area contributed by atoms with Gasteiger partial charge >= 0.3 is 0 Å². The lowest BCUT2D eigenvalue weighted by molar-refractivity contribution is 0.0502. The van der Waals surface area contributed by atoms with E-state index in [0.29, 0.717) is 0 Å². The second kappa shape index (κ2) is 6.97. The highest BCUT2D eigenvalue weighted by atomic mass is 16.3. The largest absolute Gasteiger partial charge is 0.394 e. The van der Waals surface area contributed by atoms with Gasteiger partial charge in [-0.3, -0.25) is 4.79 Å². The molecule has 1 heterocycles. The Kier molecular flexibility index (Phi) is 4.77. The van der Waals surface area contributed by atoms with Crippen LogP contribution in [-0.4, -0.2) is 22.5 Å². The fourth-order valence-electron chi connectivity index (χ4n) is 3.49. The molecular weight excluding hydrogens is 286 g/mol. The molecule has 120 valence electrons. The summed E-state index contributed by atoms with van der Waals surface area (Å²) in [5.74, 6) is 0.0320. The number of fused-ring (bicyclic) bond motifs is 1. The fraction of sp³-hybridized carbons (Fsp3) is 0.350. The van der Waals surface area contributed by atoms with Crippen LogP contribution in [-0.2, 0) is 0 Å². The van der Waals surface area contributed by atoms with Crippen molar-refractivity contribution < 1.29 is 9.90 Å². The third kappa shape index (κ3) is 2.89. The Morgan fingerprint density at radius 2 is 1.78 bits per heavy atom. The molecule has 3 nitrogen and oxygen atoms in total. The van der Waals surface area contributed by atoms with E-state index in [-0.39, 0.29) is 24.6 Å². The number of benzene rings is 2. The van der Waals surface area contributed by atoms with Crippen LogP contribution in [0.5, 0.6) is 0 Å². The number of aliphatic hydroxyl groups excluding tert-OH is 1. The van der Waals surface area contributed by atoms with Crippen molar-refractivity contribution in [3.05, 3.63) is 71.3 Å². The van der Waals surface area contributed by atoms with Crippen molar-refractivity contribution in [3.63, 3.8) is 0 Å². The van der Waals surface area contributed by atoms with Crippen LogP contribution in [0.1, 0.15) is 59.8 Å². The highest BCUT2D eigenvalue weighted by Gasteiger charge is 2.40. The number of hydrogen-bond donors (Lipinski definition) is 1. The molecule has 2 aromatic rings. The second-order valence-electron chi connectivity index (χ2n) is 6.07. The Labute approximate surface area is 137 Å². The summed E-state index contributed by atoms with van der Waals surface area (Å²) in [6, 6.07) is 17.4. The maximum Gasteiger partial charge on any atom is 0.255 e. The number of amides is 1. The van der Waals surface area contributed by atoms with E-state index in [1.807, 2.05) is 59.5 Å². The minimum absolute atomic E-state index is 0.0320. The number of nitrogens with zero attached hydrogens (tertiary/aromatic N) is 1. The van der Waals surface area contributed by atoms with Gasteiger partial charge in [-0.25, -0.2) is 0 Å². The molecule has 23 heavy (non-hydrogen) atoms. The van der Waals surface area contributed by atoms with Crippen LogP contribution in [0.4, 0.5) is 0 Å². The van der Waals surface area contributed by atoms with E-state index in [4.69, 9.17) is 0 Å². The van der Waals surface area contributed by atoms with Crippen molar-refractivity contribution in [1.29, 1.82) is 0 Å². The molecule has 0 fully saturated rings. The van der Waals surface area contributed by atoms with E-state index in [1.165, 1.54) is 0 Å². The predicted octanol–water partition coefficient (Wildman–Crippen LogP) is 4.11. The van der Waals surface area contributed by atoms with Crippen molar-refractivity contribution in [2.75, 3.05) is 6.61 Å². The van der Waals surface area contributed by atoms with Gasteiger partial charge in [0.15, 0.2) is 0 Å². The summed E-state index contributed by atoms with van der Waals surface area (Å²) < 4.78 is 0. The Bertz CT molecular complexity index is 668. The summed E-state index contributed by atoms with van der Waals surface area (Å²) in [6.07, 6.45) is 3.09. The summed E-state index contributed by atoms with van der Waals surface area (Å²) in [6.45, 7) is 2.10. The van der Waals surface area contributed by atoms with Gasteiger partial charge in [-0.15, -0.1) is 0 Å². The van der Waals surface area contributed by atoms with Crippen molar-refractivity contribution in [1.82, 2.24) is 4.90 Å². The first-order valence-corrected chi connectivity index (χ1v) is 8.35. The molecule has 0 unspecified atom stereocenters. The molecular formula is C20H23NO2. The number of carbonyl (C=O) groups is 1. The maximum absolute atomic E-state index is 13.0. The van der Waals surface area contributed by atoms with Crippen molar-refractivity contribution >= 4 is 5.91 Å². The fourth-order valence-corrected chi connectivity index (χ4v) is 3.49. The van der Waals surface area contributed by atoms with Gasteiger partial charge in [-0.2, -0.15) is 0 Å². The summed E-state index contributed by atoms with van der Waals surface area (Å²) >= 11 is 0. The molecule has 0 spiro atoms. The zero-order valence-electron chi connectivity index (χ0n) is 13.5. The molecule has 0 radical (unpaired) electrons. The van der Waals surface area contributed by atoms with E-state index in [9.17, 15) is 9.90 Å². The summed E-state index contributed by atoms with van der Waals surface area (Å²) in [5.41, 5.74) is 2.86. The van der Waals surface area contributed by atoms with Gasteiger partial charge in [0, 0.05) is 5.56 Å². The normalized spacial score (nSPS) is 18.1. The molecule has 3 heteroatoms. The van der Waals surface area contributed by atoms with Gasteiger partial charge in [-0.1, -0.05) is 68.3 Å². The van der Waals surface area contributed by atoms with Gasteiger partial charge in [0.2, 0.25) is 0 Å². The smallest absolute Gasteiger partial charge is 0.255 e. The third-order valence-electron chi connectivity index (χ3n) is 4.64. The lowest BCUT2D eigenvalue weighted by atomic mass is 9.98. The summed E-state index contributed by atoms with van der Waals surface area (Å²) in [7, 11) is 0. The number of unbranched alkanes of at least 4 members (excludes halogenated alkanes) is 1.